The molecule has 6 nitrogen and oxygen atoms in total. The highest BCUT2D eigenvalue weighted by molar-refractivity contribution is 5.92. The normalized spacial score (nSPS) is 13.5. The fourth-order valence-electron chi connectivity index (χ4n) is 3.07. The van der Waals surface area contributed by atoms with Crippen LogP contribution in [-0.4, -0.2) is 28.7 Å². The minimum absolute atomic E-state index is 0.0925. The van der Waals surface area contributed by atoms with Crippen LogP contribution in [0.25, 0.3) is 11.0 Å². The third-order valence-corrected chi connectivity index (χ3v) is 4.68. The van der Waals surface area contributed by atoms with Gasteiger partial charge in [0.25, 0.3) is 0 Å². The number of benzene rings is 2. The Morgan fingerprint density at radius 3 is 2.77 bits per heavy atom. The summed E-state index contributed by atoms with van der Waals surface area (Å²) in [5.41, 5.74) is 4.70. The van der Waals surface area contributed by atoms with Gasteiger partial charge in [-0.05, 0) is 31.0 Å². The van der Waals surface area contributed by atoms with Gasteiger partial charge in [0.2, 0.25) is 5.91 Å². The second-order valence-electron chi connectivity index (χ2n) is 6.51. The van der Waals surface area contributed by atoms with Gasteiger partial charge >= 0.3 is 0 Å². The largest absolute Gasteiger partial charge is 0.489 e. The summed E-state index contributed by atoms with van der Waals surface area (Å²) in [6, 6.07) is 9.65. The summed E-state index contributed by atoms with van der Waals surface area (Å²) in [5.74, 6) is 1.32. The molecule has 2 heterocycles. The van der Waals surface area contributed by atoms with Gasteiger partial charge in [-0.3, -0.25) is 4.79 Å². The Labute approximate surface area is 151 Å². The minimum Gasteiger partial charge on any atom is -0.489 e. The Morgan fingerprint density at radius 2 is 1.96 bits per heavy atom. The summed E-state index contributed by atoms with van der Waals surface area (Å²) in [5, 5.41) is 2.98. The van der Waals surface area contributed by atoms with Crippen molar-refractivity contribution in [1.82, 2.24) is 9.55 Å². The van der Waals surface area contributed by atoms with E-state index in [1.54, 1.807) is 6.33 Å². The SMILES string of the molecule is Cc1cccc(NC(=O)Cn2cnc3cc4c(cc32)OCCCO4)c1C. The van der Waals surface area contributed by atoms with Crippen LogP contribution in [0.15, 0.2) is 36.7 Å². The van der Waals surface area contributed by atoms with Gasteiger partial charge in [-0.15, -0.1) is 0 Å². The van der Waals surface area contributed by atoms with Crippen molar-refractivity contribution >= 4 is 22.6 Å². The summed E-state index contributed by atoms with van der Waals surface area (Å²) in [7, 11) is 0. The van der Waals surface area contributed by atoms with Crippen LogP contribution in [0.4, 0.5) is 5.69 Å². The van der Waals surface area contributed by atoms with Crippen molar-refractivity contribution in [3.8, 4) is 11.5 Å². The summed E-state index contributed by atoms with van der Waals surface area (Å²) in [6.07, 6.45) is 2.53. The smallest absolute Gasteiger partial charge is 0.244 e. The molecular weight excluding hydrogens is 330 g/mol. The monoisotopic (exact) mass is 351 g/mol. The van der Waals surface area contributed by atoms with E-state index in [0.29, 0.717) is 24.7 Å². The van der Waals surface area contributed by atoms with E-state index in [1.807, 2.05) is 48.7 Å². The average molecular weight is 351 g/mol. The summed E-state index contributed by atoms with van der Waals surface area (Å²) in [4.78, 5) is 16.9. The summed E-state index contributed by atoms with van der Waals surface area (Å²) in [6.45, 7) is 5.48. The van der Waals surface area contributed by atoms with Gasteiger partial charge in [0, 0.05) is 24.2 Å². The van der Waals surface area contributed by atoms with Crippen molar-refractivity contribution in [3.05, 3.63) is 47.8 Å². The lowest BCUT2D eigenvalue weighted by atomic mass is 10.1. The molecule has 26 heavy (non-hydrogen) atoms. The molecule has 4 rings (SSSR count). The van der Waals surface area contributed by atoms with Gasteiger partial charge in [-0.25, -0.2) is 4.98 Å². The second kappa shape index (κ2) is 6.71. The molecule has 1 aliphatic rings. The molecule has 2 aromatic carbocycles. The predicted molar refractivity (Wildman–Crippen MR) is 99.9 cm³/mol. The molecule has 0 aliphatic carbocycles. The highest BCUT2D eigenvalue weighted by atomic mass is 16.5. The first kappa shape index (κ1) is 16.4. The Morgan fingerprint density at radius 1 is 1.19 bits per heavy atom. The topological polar surface area (TPSA) is 65.4 Å². The maximum Gasteiger partial charge on any atom is 0.244 e. The fraction of sp³-hybridized carbons (Fsp3) is 0.300. The highest BCUT2D eigenvalue weighted by Crippen LogP contribution is 2.33. The lowest BCUT2D eigenvalue weighted by Crippen LogP contribution is -2.19. The van der Waals surface area contributed by atoms with Gasteiger partial charge in [-0.2, -0.15) is 0 Å². The molecule has 0 spiro atoms. The molecule has 0 unspecified atom stereocenters. The van der Waals surface area contributed by atoms with E-state index in [1.165, 1.54) is 0 Å². The van der Waals surface area contributed by atoms with Gasteiger partial charge in [0.1, 0.15) is 6.54 Å². The molecule has 0 saturated carbocycles. The van der Waals surface area contributed by atoms with E-state index < -0.39 is 0 Å². The molecule has 0 radical (unpaired) electrons. The number of nitrogens with one attached hydrogen (secondary N) is 1. The van der Waals surface area contributed by atoms with E-state index in [9.17, 15) is 4.79 Å². The number of carbonyl (C=O) groups is 1. The van der Waals surface area contributed by atoms with Crippen LogP contribution < -0.4 is 14.8 Å². The standard InChI is InChI=1S/C20H21N3O3/c1-13-5-3-6-15(14(13)2)22-20(24)11-23-12-21-16-9-18-19(10-17(16)23)26-8-4-7-25-18/h3,5-6,9-10,12H,4,7-8,11H2,1-2H3,(H,22,24). The zero-order chi connectivity index (χ0) is 18.1. The zero-order valence-electron chi connectivity index (χ0n) is 14.9. The van der Waals surface area contributed by atoms with Crippen LogP contribution in [0.3, 0.4) is 0 Å². The second-order valence-corrected chi connectivity index (χ2v) is 6.51. The van der Waals surface area contributed by atoms with E-state index >= 15 is 0 Å². The maximum absolute atomic E-state index is 12.5. The Bertz CT molecular complexity index is 978. The summed E-state index contributed by atoms with van der Waals surface area (Å²) < 4.78 is 13.3. The first-order valence-corrected chi connectivity index (χ1v) is 8.72. The quantitative estimate of drug-likeness (QED) is 0.785. The number of hydrogen-bond acceptors (Lipinski definition) is 4. The number of nitrogens with zero attached hydrogens (tertiary/aromatic N) is 2. The number of ether oxygens (including phenoxy) is 2. The molecule has 0 saturated heterocycles. The third-order valence-electron chi connectivity index (χ3n) is 4.68. The number of aromatic nitrogens is 2. The Hall–Kier alpha value is -3.02. The van der Waals surface area contributed by atoms with Crippen LogP contribution in [0.1, 0.15) is 17.5 Å². The molecule has 0 atom stereocenters. The zero-order valence-corrected chi connectivity index (χ0v) is 14.9. The van der Waals surface area contributed by atoms with Crippen molar-refractivity contribution in [1.29, 1.82) is 0 Å². The van der Waals surface area contributed by atoms with Gasteiger partial charge < -0.3 is 19.4 Å². The molecule has 0 fully saturated rings. The minimum atomic E-state index is -0.0925. The first-order chi connectivity index (χ1) is 12.6. The number of amides is 1. The van der Waals surface area contributed by atoms with E-state index in [2.05, 4.69) is 10.3 Å². The molecule has 1 amide bonds. The number of hydrogen-bond donors (Lipinski definition) is 1. The molecule has 6 heteroatoms. The number of imidazole rings is 1. The average Bonchev–Trinajstić information content (AvgIpc) is 2.85. The van der Waals surface area contributed by atoms with Crippen molar-refractivity contribution < 1.29 is 14.3 Å². The van der Waals surface area contributed by atoms with Crippen LogP contribution in [0, 0.1) is 13.8 Å². The van der Waals surface area contributed by atoms with E-state index in [0.717, 1.165) is 34.3 Å². The first-order valence-electron chi connectivity index (χ1n) is 8.72. The predicted octanol–water partition coefficient (Wildman–Crippen LogP) is 3.45. The van der Waals surface area contributed by atoms with Crippen molar-refractivity contribution in [2.24, 2.45) is 0 Å². The van der Waals surface area contributed by atoms with Crippen LogP contribution in [0.5, 0.6) is 11.5 Å². The molecule has 134 valence electrons. The molecule has 1 aromatic heterocycles. The maximum atomic E-state index is 12.5. The number of carbonyl (C=O) groups excluding carboxylic acids is 1. The van der Waals surface area contributed by atoms with E-state index in [4.69, 9.17) is 9.47 Å². The number of aryl methyl sites for hydroxylation is 1. The van der Waals surface area contributed by atoms with Gasteiger partial charge in [-0.1, -0.05) is 12.1 Å². The van der Waals surface area contributed by atoms with Gasteiger partial charge in [0.15, 0.2) is 11.5 Å². The lowest BCUT2D eigenvalue weighted by Gasteiger charge is -2.11. The van der Waals surface area contributed by atoms with Crippen molar-refractivity contribution in [3.63, 3.8) is 0 Å². The van der Waals surface area contributed by atoms with Crippen LogP contribution in [0.2, 0.25) is 0 Å². The lowest BCUT2D eigenvalue weighted by molar-refractivity contribution is -0.116. The molecular formula is C20H21N3O3. The number of rotatable bonds is 3. The van der Waals surface area contributed by atoms with Crippen molar-refractivity contribution in [2.75, 3.05) is 18.5 Å². The summed E-state index contributed by atoms with van der Waals surface area (Å²) >= 11 is 0. The molecule has 3 aromatic rings. The third kappa shape index (κ3) is 3.10. The van der Waals surface area contributed by atoms with E-state index in [-0.39, 0.29) is 12.5 Å². The molecule has 1 N–H and O–H groups in total. The molecule has 0 bridgehead atoms. The Kier molecular flexibility index (Phi) is 4.24. The Balaban J connectivity index is 1.58. The van der Waals surface area contributed by atoms with Crippen molar-refractivity contribution in [2.45, 2.75) is 26.8 Å². The van der Waals surface area contributed by atoms with Crippen LogP contribution >= 0.6 is 0 Å². The molecule has 1 aliphatic heterocycles. The number of anilines is 1. The number of fused-ring (bicyclic) bond motifs is 2. The van der Waals surface area contributed by atoms with Gasteiger partial charge in [0.05, 0.1) is 30.6 Å². The van der Waals surface area contributed by atoms with Crippen LogP contribution in [-0.2, 0) is 11.3 Å². The fourth-order valence-corrected chi connectivity index (χ4v) is 3.07. The highest BCUT2D eigenvalue weighted by Gasteiger charge is 2.15.